The van der Waals surface area contributed by atoms with Gasteiger partial charge in [-0.25, -0.2) is 4.98 Å². The summed E-state index contributed by atoms with van der Waals surface area (Å²) in [5, 5.41) is 6.12. The van der Waals surface area contributed by atoms with Gasteiger partial charge in [0.2, 0.25) is 5.82 Å². The Hall–Kier alpha value is -2.80. The first-order chi connectivity index (χ1) is 12.6. The van der Waals surface area contributed by atoms with Crippen LogP contribution < -0.4 is 5.56 Å². The second kappa shape index (κ2) is 6.49. The summed E-state index contributed by atoms with van der Waals surface area (Å²) in [5.41, 5.74) is 3.96. The van der Waals surface area contributed by atoms with Gasteiger partial charge in [0.15, 0.2) is 0 Å². The highest BCUT2D eigenvalue weighted by molar-refractivity contribution is 7.13. The number of thiophene rings is 1. The fraction of sp³-hybridized carbons (Fsp3) is 0.263. The lowest BCUT2D eigenvalue weighted by molar-refractivity contribution is 0.433. The summed E-state index contributed by atoms with van der Waals surface area (Å²) in [6.45, 7) is 6.48. The molecule has 3 heterocycles. The van der Waals surface area contributed by atoms with Crippen LogP contribution in [0.5, 0.6) is 0 Å². The summed E-state index contributed by atoms with van der Waals surface area (Å²) < 4.78 is 7.21. The molecule has 6 nitrogen and oxygen atoms in total. The van der Waals surface area contributed by atoms with Crippen molar-refractivity contribution in [2.45, 2.75) is 33.7 Å². The van der Waals surface area contributed by atoms with Gasteiger partial charge in [0, 0.05) is 12.1 Å². The molecule has 26 heavy (non-hydrogen) atoms. The molecule has 0 unspecified atom stereocenters. The summed E-state index contributed by atoms with van der Waals surface area (Å²) in [7, 11) is 0. The van der Waals surface area contributed by atoms with E-state index >= 15 is 0 Å². The summed E-state index contributed by atoms with van der Waals surface area (Å²) >= 11 is 1.58. The zero-order valence-corrected chi connectivity index (χ0v) is 15.6. The lowest BCUT2D eigenvalue weighted by Gasteiger charge is -2.10. The lowest BCUT2D eigenvalue weighted by atomic mass is 10.1. The monoisotopic (exact) mass is 366 g/mol. The molecule has 0 spiro atoms. The van der Waals surface area contributed by atoms with Gasteiger partial charge in [-0.05, 0) is 55.5 Å². The molecule has 132 valence electrons. The number of fused-ring (bicyclic) bond motifs is 1. The van der Waals surface area contributed by atoms with Crippen molar-refractivity contribution in [2.24, 2.45) is 0 Å². The summed E-state index contributed by atoms with van der Waals surface area (Å²) in [6, 6.07) is 7.74. The topological polar surface area (TPSA) is 73.8 Å². The quantitative estimate of drug-likeness (QED) is 0.541. The Balaban J connectivity index is 1.81. The second-order valence-corrected chi connectivity index (χ2v) is 7.13. The van der Waals surface area contributed by atoms with Gasteiger partial charge in [-0.1, -0.05) is 12.1 Å². The smallest absolute Gasteiger partial charge is 0.272 e. The Bertz CT molecular complexity index is 1160. The molecule has 3 aromatic heterocycles. The molecule has 0 aliphatic carbocycles. The Labute approximate surface area is 154 Å². The number of rotatable bonds is 4. The first kappa shape index (κ1) is 16.7. The Morgan fingerprint density at radius 3 is 2.77 bits per heavy atom. The van der Waals surface area contributed by atoms with Crippen molar-refractivity contribution in [2.75, 3.05) is 0 Å². The van der Waals surface area contributed by atoms with Crippen LogP contribution in [0, 0.1) is 13.8 Å². The number of aromatic nitrogens is 4. The zero-order valence-electron chi connectivity index (χ0n) is 14.8. The minimum Gasteiger partial charge on any atom is -0.333 e. The molecule has 0 N–H and O–H groups in total. The molecule has 0 saturated heterocycles. The minimum absolute atomic E-state index is 0.0397. The molecule has 0 radical (unpaired) electrons. The molecule has 0 amide bonds. The van der Waals surface area contributed by atoms with Crippen molar-refractivity contribution in [1.29, 1.82) is 0 Å². The van der Waals surface area contributed by atoms with Crippen LogP contribution in [0.2, 0.25) is 0 Å². The second-order valence-electron chi connectivity index (χ2n) is 6.21. The molecule has 0 bridgehead atoms. The van der Waals surface area contributed by atoms with Crippen LogP contribution in [0.1, 0.15) is 24.6 Å². The Kier molecular flexibility index (Phi) is 4.16. The third-order valence-corrected chi connectivity index (χ3v) is 5.30. The van der Waals surface area contributed by atoms with Crippen LogP contribution >= 0.6 is 11.3 Å². The van der Waals surface area contributed by atoms with Gasteiger partial charge in [-0.2, -0.15) is 4.98 Å². The fourth-order valence-corrected chi connectivity index (χ4v) is 3.83. The Morgan fingerprint density at radius 2 is 2.04 bits per heavy atom. The van der Waals surface area contributed by atoms with Crippen LogP contribution in [0.4, 0.5) is 0 Å². The van der Waals surface area contributed by atoms with Crippen molar-refractivity contribution in [3.63, 3.8) is 0 Å². The number of nitrogens with zero attached hydrogens (tertiary/aromatic N) is 4. The van der Waals surface area contributed by atoms with E-state index < -0.39 is 0 Å². The van der Waals surface area contributed by atoms with E-state index in [9.17, 15) is 4.79 Å². The lowest BCUT2D eigenvalue weighted by Crippen LogP contribution is -2.24. The number of hydrogen-bond acceptors (Lipinski definition) is 6. The van der Waals surface area contributed by atoms with Gasteiger partial charge < -0.3 is 9.09 Å². The van der Waals surface area contributed by atoms with E-state index in [1.165, 1.54) is 0 Å². The highest BCUT2D eigenvalue weighted by Gasteiger charge is 2.15. The molecule has 4 rings (SSSR count). The number of hydrogen-bond donors (Lipinski definition) is 0. The van der Waals surface area contributed by atoms with Crippen molar-refractivity contribution >= 4 is 22.4 Å². The van der Waals surface area contributed by atoms with Crippen LogP contribution in [0.3, 0.4) is 0 Å². The molecule has 4 aromatic rings. The molecular formula is C19H18N4O2S. The normalized spacial score (nSPS) is 11.3. The van der Waals surface area contributed by atoms with E-state index in [2.05, 4.69) is 22.0 Å². The third kappa shape index (κ3) is 2.74. The van der Waals surface area contributed by atoms with E-state index in [-0.39, 0.29) is 5.56 Å². The van der Waals surface area contributed by atoms with Crippen LogP contribution in [-0.4, -0.2) is 19.7 Å². The molecule has 7 heteroatoms. The van der Waals surface area contributed by atoms with Gasteiger partial charge in [0.05, 0.1) is 15.9 Å². The molecule has 0 aliphatic rings. The third-order valence-electron chi connectivity index (χ3n) is 4.30. The number of benzene rings is 1. The summed E-state index contributed by atoms with van der Waals surface area (Å²) in [4.78, 5) is 22.3. The van der Waals surface area contributed by atoms with Crippen molar-refractivity contribution < 1.29 is 4.52 Å². The van der Waals surface area contributed by atoms with E-state index in [1.54, 1.807) is 22.8 Å². The summed E-state index contributed by atoms with van der Waals surface area (Å²) in [5.74, 6) is 1.04. The largest absolute Gasteiger partial charge is 0.333 e. The highest BCUT2D eigenvalue weighted by atomic mass is 32.1. The van der Waals surface area contributed by atoms with Gasteiger partial charge >= 0.3 is 0 Å². The molecule has 0 fully saturated rings. The first-order valence-corrected chi connectivity index (χ1v) is 9.36. The van der Waals surface area contributed by atoms with Gasteiger partial charge in [0.25, 0.3) is 11.4 Å². The van der Waals surface area contributed by atoms with Crippen molar-refractivity contribution in [1.82, 2.24) is 19.7 Å². The van der Waals surface area contributed by atoms with E-state index in [4.69, 9.17) is 4.52 Å². The summed E-state index contributed by atoms with van der Waals surface area (Å²) in [6.07, 6.45) is 0.884. The maximum absolute atomic E-state index is 12.4. The predicted octanol–water partition coefficient (Wildman–Crippen LogP) is 4.20. The van der Waals surface area contributed by atoms with Gasteiger partial charge in [-0.15, -0.1) is 11.3 Å². The molecule has 0 saturated carbocycles. The highest BCUT2D eigenvalue weighted by Crippen LogP contribution is 2.29. The average molecular weight is 366 g/mol. The minimum atomic E-state index is -0.0397. The molecular weight excluding hydrogens is 348 g/mol. The maximum Gasteiger partial charge on any atom is 0.272 e. The van der Waals surface area contributed by atoms with Gasteiger partial charge in [-0.3, -0.25) is 4.79 Å². The standard InChI is InChI=1S/C19H18N4O2S/c1-4-8-23-15-6-5-13(10-14(15)20-12(3)19(23)24)17-21-18(25-22-17)16-11(2)7-9-26-16/h5-7,9-10H,4,8H2,1-3H3. The van der Waals surface area contributed by atoms with Gasteiger partial charge in [0.1, 0.15) is 5.69 Å². The van der Waals surface area contributed by atoms with E-state index in [0.717, 1.165) is 33.5 Å². The SMILES string of the molecule is CCCn1c(=O)c(C)nc2cc(-c3noc(-c4sccc4C)n3)ccc21. The first-order valence-electron chi connectivity index (χ1n) is 8.48. The van der Waals surface area contributed by atoms with Crippen molar-refractivity contribution in [3.05, 3.63) is 51.3 Å². The van der Waals surface area contributed by atoms with Crippen molar-refractivity contribution in [3.8, 4) is 22.2 Å². The fourth-order valence-electron chi connectivity index (χ4n) is 2.98. The van der Waals surface area contributed by atoms with E-state index in [0.29, 0.717) is 24.0 Å². The molecule has 0 atom stereocenters. The number of aryl methyl sites for hydroxylation is 3. The molecule has 1 aromatic carbocycles. The zero-order chi connectivity index (χ0) is 18.3. The predicted molar refractivity (Wildman–Crippen MR) is 102 cm³/mol. The van der Waals surface area contributed by atoms with Crippen LogP contribution in [0.25, 0.3) is 33.2 Å². The maximum atomic E-state index is 12.4. The van der Waals surface area contributed by atoms with E-state index in [1.807, 2.05) is 36.6 Å². The molecule has 0 aliphatic heterocycles. The van der Waals surface area contributed by atoms with Crippen LogP contribution in [-0.2, 0) is 6.54 Å². The Morgan fingerprint density at radius 1 is 1.19 bits per heavy atom. The van der Waals surface area contributed by atoms with Crippen LogP contribution in [0.15, 0.2) is 39.0 Å². The average Bonchev–Trinajstić information content (AvgIpc) is 3.27.